The monoisotopic (exact) mass is 504 g/mol. The van der Waals surface area contributed by atoms with Crippen LogP contribution in [0.5, 0.6) is 0 Å². The van der Waals surface area contributed by atoms with E-state index in [0.29, 0.717) is 11.7 Å². The van der Waals surface area contributed by atoms with Crippen LogP contribution in [-0.4, -0.2) is 33.7 Å². The number of alkyl halides is 3. The van der Waals surface area contributed by atoms with Crippen LogP contribution in [0.15, 0.2) is 71.2 Å². The molecule has 0 saturated carbocycles. The Labute approximate surface area is 201 Å². The number of aromatic nitrogens is 2. The summed E-state index contributed by atoms with van der Waals surface area (Å²) in [5, 5.41) is 8.71. The summed E-state index contributed by atoms with van der Waals surface area (Å²) >= 11 is 2.74. The zero-order valence-electron chi connectivity index (χ0n) is 17.6. The molecule has 0 aliphatic rings. The second-order valence-electron chi connectivity index (χ2n) is 7.21. The summed E-state index contributed by atoms with van der Waals surface area (Å²) in [5.74, 6) is -0.527. The molecule has 4 rings (SSSR count). The van der Waals surface area contributed by atoms with E-state index in [1.807, 2.05) is 35.0 Å². The van der Waals surface area contributed by atoms with Crippen LogP contribution in [0.25, 0.3) is 10.9 Å². The zero-order chi connectivity index (χ0) is 24.1. The van der Waals surface area contributed by atoms with Crippen molar-refractivity contribution in [2.24, 2.45) is 0 Å². The predicted molar refractivity (Wildman–Crippen MR) is 127 cm³/mol. The summed E-state index contributed by atoms with van der Waals surface area (Å²) in [7, 11) is 0. The quantitative estimate of drug-likeness (QED) is 0.320. The molecule has 0 aliphatic heterocycles. The van der Waals surface area contributed by atoms with Crippen LogP contribution in [0.4, 0.5) is 18.3 Å². The van der Waals surface area contributed by atoms with Crippen molar-refractivity contribution in [1.82, 2.24) is 14.9 Å². The van der Waals surface area contributed by atoms with Crippen LogP contribution in [0, 0.1) is 0 Å². The van der Waals surface area contributed by atoms with Gasteiger partial charge in [-0.25, -0.2) is 4.98 Å². The third-order valence-corrected chi connectivity index (χ3v) is 6.61. The van der Waals surface area contributed by atoms with Gasteiger partial charge in [0.2, 0.25) is 5.91 Å². The van der Waals surface area contributed by atoms with Gasteiger partial charge in [0, 0.05) is 52.2 Å². The van der Waals surface area contributed by atoms with Gasteiger partial charge in [-0.15, -0.1) is 23.1 Å². The summed E-state index contributed by atoms with van der Waals surface area (Å²) in [4.78, 5) is 29.5. The van der Waals surface area contributed by atoms with Crippen molar-refractivity contribution in [3.05, 3.63) is 77.4 Å². The van der Waals surface area contributed by atoms with Gasteiger partial charge < -0.3 is 15.2 Å². The molecule has 0 radical (unpaired) electrons. The maximum atomic E-state index is 12.9. The molecular weight excluding hydrogens is 485 g/mol. The summed E-state index contributed by atoms with van der Waals surface area (Å²) in [6.07, 6.45) is -0.985. The molecule has 2 N–H and O–H groups in total. The zero-order valence-corrected chi connectivity index (χ0v) is 19.3. The lowest BCUT2D eigenvalue weighted by molar-refractivity contribution is -0.137. The van der Waals surface area contributed by atoms with Crippen LogP contribution < -0.4 is 10.6 Å². The Bertz CT molecular complexity index is 1300. The number of thioether (sulfide) groups is 1. The highest BCUT2D eigenvalue weighted by Crippen LogP contribution is 2.31. The van der Waals surface area contributed by atoms with E-state index in [0.717, 1.165) is 27.9 Å². The van der Waals surface area contributed by atoms with E-state index in [1.54, 1.807) is 11.6 Å². The minimum absolute atomic E-state index is 0.0466. The van der Waals surface area contributed by atoms with Gasteiger partial charge in [-0.05, 0) is 24.3 Å². The van der Waals surface area contributed by atoms with Gasteiger partial charge in [-0.3, -0.25) is 9.59 Å². The standard InChI is InChI=1S/C23H19F3N4O2S2/c24-23(25,26)16-5-3-4-15(12-16)21(32)27-8-10-30-13-19(17-6-1-2-7-18(17)30)34-14-20(31)29-22-28-9-11-33-22/h1-7,9,11-13H,8,10,14H2,(H,27,32)(H,28,29,31). The number of amides is 2. The number of anilines is 1. The van der Waals surface area contributed by atoms with Gasteiger partial charge in [-0.1, -0.05) is 24.3 Å². The second-order valence-corrected chi connectivity index (χ2v) is 9.12. The fraction of sp³-hybridized carbons (Fsp3) is 0.174. The number of hydrogen-bond donors (Lipinski definition) is 2. The topological polar surface area (TPSA) is 76.0 Å². The van der Waals surface area contributed by atoms with Crippen LogP contribution in [0.1, 0.15) is 15.9 Å². The first-order chi connectivity index (χ1) is 16.3. The average molecular weight is 505 g/mol. The van der Waals surface area contributed by atoms with E-state index >= 15 is 0 Å². The lowest BCUT2D eigenvalue weighted by Crippen LogP contribution is -2.27. The Morgan fingerprint density at radius 1 is 1.12 bits per heavy atom. The molecule has 34 heavy (non-hydrogen) atoms. The van der Waals surface area contributed by atoms with Crippen molar-refractivity contribution in [3.8, 4) is 0 Å². The number of benzene rings is 2. The number of nitrogens with one attached hydrogen (secondary N) is 2. The summed E-state index contributed by atoms with van der Waals surface area (Å²) < 4.78 is 40.6. The Kier molecular flexibility index (Phi) is 7.23. The number of fused-ring (bicyclic) bond motifs is 1. The average Bonchev–Trinajstić information content (AvgIpc) is 3.45. The summed E-state index contributed by atoms with van der Waals surface area (Å²) in [5.41, 5.74) is 0.0189. The van der Waals surface area contributed by atoms with Crippen molar-refractivity contribution in [2.45, 2.75) is 17.6 Å². The second kappa shape index (κ2) is 10.3. The smallest absolute Gasteiger partial charge is 0.350 e. The molecule has 11 heteroatoms. The van der Waals surface area contributed by atoms with Crippen molar-refractivity contribution in [2.75, 3.05) is 17.6 Å². The first-order valence-electron chi connectivity index (χ1n) is 10.2. The summed E-state index contributed by atoms with van der Waals surface area (Å²) in [6, 6.07) is 12.0. The van der Waals surface area contributed by atoms with Crippen LogP contribution in [0.3, 0.4) is 0 Å². The van der Waals surface area contributed by atoms with E-state index < -0.39 is 17.6 Å². The molecule has 0 spiro atoms. The molecule has 176 valence electrons. The molecule has 2 aromatic carbocycles. The Morgan fingerprint density at radius 2 is 1.94 bits per heavy atom. The Balaban J connectivity index is 1.39. The number of para-hydroxylation sites is 1. The highest BCUT2D eigenvalue weighted by molar-refractivity contribution is 8.00. The van der Waals surface area contributed by atoms with Crippen LogP contribution in [0.2, 0.25) is 0 Å². The minimum atomic E-state index is -4.51. The van der Waals surface area contributed by atoms with Crippen molar-refractivity contribution in [3.63, 3.8) is 0 Å². The van der Waals surface area contributed by atoms with E-state index in [9.17, 15) is 22.8 Å². The van der Waals surface area contributed by atoms with Crippen molar-refractivity contribution in [1.29, 1.82) is 0 Å². The van der Waals surface area contributed by atoms with Gasteiger partial charge in [0.1, 0.15) is 0 Å². The molecule has 2 amide bonds. The van der Waals surface area contributed by atoms with Crippen LogP contribution in [-0.2, 0) is 17.5 Å². The number of hydrogen-bond acceptors (Lipinski definition) is 5. The third-order valence-electron chi connectivity index (χ3n) is 4.88. The van der Waals surface area contributed by atoms with Gasteiger partial charge >= 0.3 is 6.18 Å². The van der Waals surface area contributed by atoms with Gasteiger partial charge in [0.05, 0.1) is 11.3 Å². The number of carbonyl (C=O) groups is 2. The first kappa shape index (κ1) is 23.8. The number of halogens is 3. The molecule has 0 unspecified atom stereocenters. The van der Waals surface area contributed by atoms with Crippen LogP contribution >= 0.6 is 23.1 Å². The first-order valence-corrected chi connectivity index (χ1v) is 12.0. The van der Waals surface area contributed by atoms with E-state index in [1.165, 1.54) is 35.2 Å². The molecule has 0 atom stereocenters. The van der Waals surface area contributed by atoms with Gasteiger partial charge in [0.25, 0.3) is 5.91 Å². The molecule has 2 aromatic heterocycles. The third kappa shape index (κ3) is 5.78. The van der Waals surface area contributed by atoms with Gasteiger partial charge in [0.15, 0.2) is 5.13 Å². The molecule has 0 aliphatic carbocycles. The molecule has 2 heterocycles. The lowest BCUT2D eigenvalue weighted by Gasteiger charge is -2.10. The fourth-order valence-corrected chi connectivity index (χ4v) is 4.76. The number of carbonyl (C=O) groups excluding carboxylic acids is 2. The number of rotatable bonds is 8. The highest BCUT2D eigenvalue weighted by atomic mass is 32.2. The number of nitrogens with zero attached hydrogens (tertiary/aromatic N) is 2. The van der Waals surface area contributed by atoms with Gasteiger partial charge in [-0.2, -0.15) is 13.2 Å². The van der Waals surface area contributed by atoms with Crippen molar-refractivity contribution < 1.29 is 22.8 Å². The van der Waals surface area contributed by atoms with Crippen molar-refractivity contribution >= 4 is 50.9 Å². The lowest BCUT2D eigenvalue weighted by atomic mass is 10.1. The SMILES string of the molecule is O=C(CSc1cn(CCNC(=O)c2cccc(C(F)(F)F)c2)c2ccccc12)Nc1nccs1. The molecule has 4 aromatic rings. The minimum Gasteiger partial charge on any atom is -0.350 e. The normalized spacial score (nSPS) is 11.5. The largest absolute Gasteiger partial charge is 0.416 e. The van der Waals surface area contributed by atoms with E-state index in [4.69, 9.17) is 0 Å². The highest BCUT2D eigenvalue weighted by Gasteiger charge is 2.30. The molecular formula is C23H19F3N4O2S2. The Hall–Kier alpha value is -3.31. The molecule has 6 nitrogen and oxygen atoms in total. The van der Waals surface area contributed by atoms with E-state index in [2.05, 4.69) is 15.6 Å². The maximum absolute atomic E-state index is 12.9. The summed E-state index contributed by atoms with van der Waals surface area (Å²) in [6.45, 7) is 0.638. The van der Waals surface area contributed by atoms with E-state index in [-0.39, 0.29) is 23.8 Å². The maximum Gasteiger partial charge on any atom is 0.416 e. The number of thiazole rings is 1. The molecule has 0 saturated heterocycles. The Morgan fingerprint density at radius 3 is 2.71 bits per heavy atom. The predicted octanol–water partition coefficient (Wildman–Crippen LogP) is 5.28. The fourth-order valence-electron chi connectivity index (χ4n) is 3.33. The molecule has 0 fully saturated rings. The molecule has 0 bridgehead atoms.